The average molecular weight is 467 g/mol. The number of rotatable bonds is 3. The first kappa shape index (κ1) is 23.6. The molecule has 0 radical (unpaired) electrons. The van der Waals surface area contributed by atoms with Gasteiger partial charge in [0.25, 0.3) is 5.91 Å². The van der Waals surface area contributed by atoms with Crippen LogP contribution < -0.4 is 9.80 Å². The number of anilines is 2. The van der Waals surface area contributed by atoms with Crippen LogP contribution in [0.5, 0.6) is 0 Å². The number of nitriles is 1. The van der Waals surface area contributed by atoms with E-state index in [1.165, 1.54) is 36.9 Å². The van der Waals surface area contributed by atoms with Crippen LogP contribution in [0, 0.1) is 23.0 Å². The van der Waals surface area contributed by atoms with Crippen LogP contribution in [0.25, 0.3) is 0 Å². The molecule has 0 N–H and O–H groups in total. The van der Waals surface area contributed by atoms with Crippen LogP contribution >= 0.6 is 12.2 Å². The first-order chi connectivity index (χ1) is 14.7. The smallest absolute Gasteiger partial charge is 0.303 e. The number of halogens is 5. The molecule has 2 aromatic rings. The summed E-state index contributed by atoms with van der Waals surface area (Å²) in [6.07, 6.45) is -5.17. The first-order valence-electron chi connectivity index (χ1n) is 9.51. The number of nitrogens with zero attached hydrogens (tertiary/aromatic N) is 3. The topological polar surface area (TPSA) is 47.3 Å². The highest BCUT2D eigenvalue weighted by Crippen LogP contribution is 2.42. The van der Waals surface area contributed by atoms with Gasteiger partial charge in [-0.05, 0) is 61.8 Å². The Morgan fingerprint density at radius 2 is 1.75 bits per heavy atom. The summed E-state index contributed by atoms with van der Waals surface area (Å²) in [6, 6.07) is 7.24. The highest BCUT2D eigenvalue weighted by Gasteiger charge is 2.52. The Morgan fingerprint density at radius 1 is 1.12 bits per heavy atom. The molecule has 0 unspecified atom stereocenters. The molecule has 2 aromatic carbocycles. The van der Waals surface area contributed by atoms with Gasteiger partial charge < -0.3 is 4.90 Å². The van der Waals surface area contributed by atoms with Gasteiger partial charge >= 0.3 is 6.18 Å². The monoisotopic (exact) mass is 467 g/mol. The van der Waals surface area contributed by atoms with E-state index in [9.17, 15) is 26.7 Å². The lowest BCUT2D eigenvalue weighted by Crippen LogP contribution is -2.44. The van der Waals surface area contributed by atoms with E-state index in [1.807, 2.05) is 0 Å². The Kier molecular flexibility index (Phi) is 5.76. The molecular weight excluding hydrogens is 449 g/mol. The Morgan fingerprint density at radius 3 is 2.25 bits per heavy atom. The van der Waals surface area contributed by atoms with Crippen molar-refractivity contribution in [2.24, 2.45) is 0 Å². The maximum atomic E-state index is 15.0. The summed E-state index contributed by atoms with van der Waals surface area (Å²) in [5.74, 6) is -3.22. The molecule has 168 valence electrons. The van der Waals surface area contributed by atoms with Gasteiger partial charge in [-0.1, -0.05) is 19.9 Å². The molecule has 1 saturated heterocycles. The Balaban J connectivity index is 2.16. The maximum Gasteiger partial charge on any atom is 0.420 e. The van der Waals surface area contributed by atoms with E-state index in [2.05, 4.69) is 0 Å². The second kappa shape index (κ2) is 7.81. The van der Waals surface area contributed by atoms with E-state index in [0.29, 0.717) is 10.5 Å². The summed E-state index contributed by atoms with van der Waals surface area (Å²) in [4.78, 5) is 15.1. The van der Waals surface area contributed by atoms with Crippen LogP contribution in [0.2, 0.25) is 0 Å². The highest BCUT2D eigenvalue weighted by atomic mass is 32.1. The third kappa shape index (κ3) is 3.60. The number of amides is 1. The van der Waals surface area contributed by atoms with Crippen molar-refractivity contribution in [1.29, 1.82) is 5.26 Å². The second-order valence-electron chi connectivity index (χ2n) is 8.11. The molecule has 32 heavy (non-hydrogen) atoms. The molecule has 1 fully saturated rings. The number of alkyl halides is 3. The lowest BCUT2D eigenvalue weighted by molar-refractivity contribution is -0.140. The number of carbonyl (C=O) groups excluding carboxylic acids is 1. The van der Waals surface area contributed by atoms with E-state index >= 15 is 0 Å². The van der Waals surface area contributed by atoms with Crippen molar-refractivity contribution in [3.8, 4) is 6.07 Å². The van der Waals surface area contributed by atoms with E-state index < -0.39 is 46.1 Å². The first-order valence-corrected chi connectivity index (χ1v) is 9.92. The summed E-state index contributed by atoms with van der Waals surface area (Å²) in [6.45, 7) is 6.50. The van der Waals surface area contributed by atoms with Crippen molar-refractivity contribution in [2.45, 2.75) is 45.3 Å². The number of thiocarbonyl (C=S) groups is 1. The minimum absolute atomic E-state index is 0.103. The van der Waals surface area contributed by atoms with Crippen molar-refractivity contribution in [1.82, 2.24) is 0 Å². The van der Waals surface area contributed by atoms with E-state index in [0.717, 1.165) is 12.1 Å². The van der Waals surface area contributed by atoms with Gasteiger partial charge in [-0.2, -0.15) is 18.4 Å². The summed E-state index contributed by atoms with van der Waals surface area (Å²) < 4.78 is 69.9. The zero-order valence-corrected chi connectivity index (χ0v) is 18.3. The molecule has 10 heteroatoms. The molecule has 0 saturated carbocycles. The van der Waals surface area contributed by atoms with Crippen molar-refractivity contribution in [3.63, 3.8) is 0 Å². The Bertz CT molecular complexity index is 1170. The van der Waals surface area contributed by atoms with Crippen LogP contribution in [0.4, 0.5) is 33.3 Å². The van der Waals surface area contributed by atoms with Crippen LogP contribution in [0.1, 0.15) is 50.3 Å². The molecule has 1 aliphatic heterocycles. The molecule has 1 amide bonds. The van der Waals surface area contributed by atoms with Gasteiger partial charge in [0.05, 0.1) is 17.3 Å². The molecule has 0 atom stereocenters. The minimum Gasteiger partial charge on any atom is -0.303 e. The van der Waals surface area contributed by atoms with Crippen LogP contribution in [0.15, 0.2) is 30.3 Å². The quantitative estimate of drug-likeness (QED) is 0.417. The van der Waals surface area contributed by atoms with Crippen molar-refractivity contribution >= 4 is 34.6 Å². The molecule has 3 rings (SSSR count). The van der Waals surface area contributed by atoms with Gasteiger partial charge in [-0.25, -0.2) is 8.78 Å². The van der Waals surface area contributed by atoms with Gasteiger partial charge in [0.2, 0.25) is 0 Å². The van der Waals surface area contributed by atoms with Crippen LogP contribution in [-0.4, -0.2) is 16.6 Å². The normalized spacial score (nSPS) is 16.2. The largest absolute Gasteiger partial charge is 0.420 e. The van der Waals surface area contributed by atoms with Crippen molar-refractivity contribution in [2.75, 3.05) is 9.80 Å². The maximum absolute atomic E-state index is 15.0. The fourth-order valence-electron chi connectivity index (χ4n) is 3.67. The standard InChI is InChI=1S/C22H18F5N3OS/c1-11(2)14-7-6-13(9-15(14)23)30-20(32)29(19(31)21(30,3)4)16-8-5-12(10-28)17(18(16)24)22(25,26)27/h5-9,11H,1-4H3. The lowest BCUT2D eigenvalue weighted by Gasteiger charge is -2.29. The number of carbonyl (C=O) groups is 1. The third-order valence-corrected chi connectivity index (χ3v) is 5.66. The van der Waals surface area contributed by atoms with Crippen molar-refractivity contribution < 1.29 is 26.7 Å². The van der Waals surface area contributed by atoms with E-state index in [4.69, 9.17) is 17.5 Å². The number of hydrogen-bond acceptors (Lipinski definition) is 3. The molecule has 0 spiro atoms. The molecule has 4 nitrogen and oxygen atoms in total. The van der Waals surface area contributed by atoms with E-state index in [1.54, 1.807) is 19.9 Å². The fraction of sp³-hybridized carbons (Fsp3) is 0.318. The van der Waals surface area contributed by atoms with Gasteiger partial charge in [-0.15, -0.1) is 0 Å². The fourth-order valence-corrected chi connectivity index (χ4v) is 4.19. The summed E-state index contributed by atoms with van der Waals surface area (Å²) in [5.41, 5.74) is -4.24. The van der Waals surface area contributed by atoms with Gasteiger partial charge in [0.15, 0.2) is 10.9 Å². The van der Waals surface area contributed by atoms with Gasteiger partial charge in [-0.3, -0.25) is 9.69 Å². The predicted octanol–water partition coefficient (Wildman–Crippen LogP) is 5.90. The SMILES string of the molecule is CC(C)c1ccc(N2C(=S)N(c3ccc(C#N)c(C(F)(F)F)c3F)C(=O)C2(C)C)cc1F. The highest BCUT2D eigenvalue weighted by molar-refractivity contribution is 7.81. The predicted molar refractivity (Wildman–Crippen MR) is 113 cm³/mol. The minimum atomic E-state index is -5.17. The zero-order valence-electron chi connectivity index (χ0n) is 17.5. The third-order valence-electron chi connectivity index (χ3n) is 5.30. The van der Waals surface area contributed by atoms with E-state index in [-0.39, 0.29) is 16.7 Å². The summed E-state index contributed by atoms with van der Waals surface area (Å²) in [5, 5.41) is 8.65. The van der Waals surface area contributed by atoms with Gasteiger partial charge in [0.1, 0.15) is 16.9 Å². The molecule has 0 aliphatic carbocycles. The second-order valence-corrected chi connectivity index (χ2v) is 8.47. The van der Waals surface area contributed by atoms with Gasteiger partial charge in [0, 0.05) is 5.69 Å². The average Bonchev–Trinajstić information content (AvgIpc) is 2.84. The van der Waals surface area contributed by atoms with Crippen LogP contribution in [0.3, 0.4) is 0 Å². The lowest BCUT2D eigenvalue weighted by atomic mass is 9.99. The zero-order chi connectivity index (χ0) is 24.2. The van der Waals surface area contributed by atoms with Crippen LogP contribution in [-0.2, 0) is 11.0 Å². The molecular formula is C22H18F5N3OS. The van der Waals surface area contributed by atoms with Crippen molar-refractivity contribution in [3.05, 3.63) is 58.7 Å². The molecule has 1 heterocycles. The Labute approximate surface area is 186 Å². The summed E-state index contributed by atoms with van der Waals surface area (Å²) >= 11 is 5.33. The number of hydrogen-bond donors (Lipinski definition) is 0. The Hall–Kier alpha value is -3.06. The molecule has 1 aliphatic rings. The number of benzene rings is 2. The summed E-state index contributed by atoms with van der Waals surface area (Å²) in [7, 11) is 0. The molecule has 0 aromatic heterocycles. The molecule has 0 bridgehead atoms.